The van der Waals surface area contributed by atoms with E-state index in [1.165, 1.54) is 16.7 Å². The number of benzene rings is 2. The number of hydrogen-bond donors (Lipinski definition) is 1. The average Bonchev–Trinajstić information content (AvgIpc) is 3.20. The number of rotatable bonds is 6. The summed E-state index contributed by atoms with van der Waals surface area (Å²) in [6.45, 7) is 12.5. The summed E-state index contributed by atoms with van der Waals surface area (Å²) in [5.41, 5.74) is 16.2. The number of likely N-dealkylation sites (N-methyl/N-ethyl adjacent to an activating group) is 1. The molecule has 182 valence electrons. The van der Waals surface area contributed by atoms with E-state index in [2.05, 4.69) is 83.8 Å². The molecule has 2 aromatic heterocycles. The monoisotopic (exact) mass is 468 g/mol. The Hall–Kier alpha value is -3.22. The lowest BCUT2D eigenvalue weighted by Gasteiger charge is -2.32. The first-order valence-corrected chi connectivity index (χ1v) is 12.6. The minimum Gasteiger partial charge on any atom is -0.398 e. The molecule has 2 aromatic carbocycles. The minimum absolute atomic E-state index is 0.759. The van der Waals surface area contributed by atoms with Crippen molar-refractivity contribution < 1.29 is 0 Å². The average molecular weight is 469 g/mol. The molecular formula is C29H36N6. The van der Waals surface area contributed by atoms with E-state index in [0.29, 0.717) is 0 Å². The fourth-order valence-electron chi connectivity index (χ4n) is 5.07. The Morgan fingerprint density at radius 3 is 2.29 bits per heavy atom. The Labute approximate surface area is 208 Å². The third-order valence-corrected chi connectivity index (χ3v) is 7.14. The SMILES string of the molecule is CCc1nc2c(C)cc(C)nc2n1Cc1ccc(-c2cc(CN3CCN(C)CC3)ccc2N)cc1. The fourth-order valence-corrected chi connectivity index (χ4v) is 5.07. The molecule has 0 aliphatic carbocycles. The van der Waals surface area contributed by atoms with Crippen molar-refractivity contribution in [3.8, 4) is 11.1 Å². The molecule has 0 radical (unpaired) electrons. The number of nitrogens with two attached hydrogens (primary N) is 1. The molecule has 2 N–H and O–H groups in total. The summed E-state index contributed by atoms with van der Waals surface area (Å²) in [7, 11) is 2.19. The summed E-state index contributed by atoms with van der Waals surface area (Å²) in [4.78, 5) is 14.6. The highest BCUT2D eigenvalue weighted by Crippen LogP contribution is 2.29. The van der Waals surface area contributed by atoms with Crippen LogP contribution in [0.5, 0.6) is 0 Å². The zero-order valence-corrected chi connectivity index (χ0v) is 21.4. The van der Waals surface area contributed by atoms with Crippen LogP contribution in [0.3, 0.4) is 0 Å². The number of piperazine rings is 1. The maximum atomic E-state index is 6.41. The summed E-state index contributed by atoms with van der Waals surface area (Å²) >= 11 is 0. The molecule has 0 bridgehead atoms. The summed E-state index contributed by atoms with van der Waals surface area (Å²) in [6, 6.07) is 17.4. The molecule has 1 aliphatic rings. The van der Waals surface area contributed by atoms with Crippen LogP contribution in [-0.4, -0.2) is 57.6 Å². The minimum atomic E-state index is 0.759. The van der Waals surface area contributed by atoms with Crippen LogP contribution in [0.4, 0.5) is 5.69 Å². The van der Waals surface area contributed by atoms with E-state index in [4.69, 9.17) is 15.7 Å². The maximum Gasteiger partial charge on any atom is 0.160 e. The number of imidazole rings is 1. The third kappa shape index (κ3) is 4.95. The largest absolute Gasteiger partial charge is 0.398 e. The number of nitrogen functional groups attached to an aromatic ring is 1. The van der Waals surface area contributed by atoms with Gasteiger partial charge in [-0.3, -0.25) is 4.90 Å². The van der Waals surface area contributed by atoms with Gasteiger partial charge >= 0.3 is 0 Å². The van der Waals surface area contributed by atoms with E-state index in [1.54, 1.807) is 0 Å². The predicted molar refractivity (Wildman–Crippen MR) is 145 cm³/mol. The van der Waals surface area contributed by atoms with E-state index >= 15 is 0 Å². The Morgan fingerprint density at radius 2 is 1.57 bits per heavy atom. The van der Waals surface area contributed by atoms with Crippen LogP contribution in [0.15, 0.2) is 48.5 Å². The maximum absolute atomic E-state index is 6.41. The first kappa shape index (κ1) is 23.5. The quantitative estimate of drug-likeness (QED) is 0.417. The molecule has 0 unspecified atom stereocenters. The van der Waals surface area contributed by atoms with Crippen LogP contribution >= 0.6 is 0 Å². The lowest BCUT2D eigenvalue weighted by molar-refractivity contribution is 0.148. The second-order valence-electron chi connectivity index (χ2n) is 9.92. The zero-order valence-electron chi connectivity index (χ0n) is 21.4. The van der Waals surface area contributed by atoms with Gasteiger partial charge in [0.15, 0.2) is 5.65 Å². The topological polar surface area (TPSA) is 63.2 Å². The third-order valence-electron chi connectivity index (χ3n) is 7.14. The normalized spacial score (nSPS) is 15.2. The molecule has 5 rings (SSSR count). The number of fused-ring (bicyclic) bond motifs is 1. The van der Waals surface area contributed by atoms with Crippen molar-refractivity contribution in [3.05, 3.63) is 76.7 Å². The number of aryl methyl sites for hydroxylation is 3. The van der Waals surface area contributed by atoms with E-state index in [9.17, 15) is 0 Å². The van der Waals surface area contributed by atoms with Gasteiger partial charge in [-0.1, -0.05) is 37.3 Å². The Balaban J connectivity index is 1.38. The molecule has 4 aromatic rings. The highest BCUT2D eigenvalue weighted by Gasteiger charge is 2.16. The van der Waals surface area contributed by atoms with Crippen molar-refractivity contribution in [2.24, 2.45) is 0 Å². The van der Waals surface area contributed by atoms with Gasteiger partial charge in [0.05, 0.1) is 6.54 Å². The lowest BCUT2D eigenvalue weighted by atomic mass is 9.99. The highest BCUT2D eigenvalue weighted by atomic mass is 15.2. The van der Waals surface area contributed by atoms with Crippen molar-refractivity contribution in [1.82, 2.24) is 24.3 Å². The van der Waals surface area contributed by atoms with Crippen LogP contribution in [0.1, 0.15) is 35.1 Å². The second kappa shape index (κ2) is 9.80. The van der Waals surface area contributed by atoms with Crippen molar-refractivity contribution in [1.29, 1.82) is 0 Å². The summed E-state index contributed by atoms with van der Waals surface area (Å²) in [5, 5.41) is 0. The van der Waals surface area contributed by atoms with Crippen molar-refractivity contribution in [2.45, 2.75) is 40.3 Å². The Kier molecular flexibility index (Phi) is 6.58. The molecule has 1 aliphatic heterocycles. The van der Waals surface area contributed by atoms with Crippen LogP contribution in [0.2, 0.25) is 0 Å². The number of nitrogens with zero attached hydrogens (tertiary/aromatic N) is 5. The molecule has 1 fully saturated rings. The van der Waals surface area contributed by atoms with Gasteiger partial charge in [0.25, 0.3) is 0 Å². The molecule has 6 heteroatoms. The second-order valence-corrected chi connectivity index (χ2v) is 9.92. The van der Waals surface area contributed by atoms with Gasteiger partial charge < -0.3 is 15.2 Å². The summed E-state index contributed by atoms with van der Waals surface area (Å²) < 4.78 is 2.26. The molecule has 3 heterocycles. The van der Waals surface area contributed by atoms with Gasteiger partial charge in [-0.05, 0) is 61.3 Å². The Morgan fingerprint density at radius 1 is 0.857 bits per heavy atom. The molecule has 0 amide bonds. The predicted octanol–water partition coefficient (Wildman–Crippen LogP) is 4.66. The van der Waals surface area contributed by atoms with E-state index in [-0.39, 0.29) is 0 Å². The van der Waals surface area contributed by atoms with Gasteiger partial charge in [-0.2, -0.15) is 0 Å². The molecule has 35 heavy (non-hydrogen) atoms. The number of hydrogen-bond acceptors (Lipinski definition) is 5. The summed E-state index contributed by atoms with van der Waals surface area (Å²) in [6.07, 6.45) is 0.879. The van der Waals surface area contributed by atoms with E-state index < -0.39 is 0 Å². The molecule has 0 spiro atoms. The van der Waals surface area contributed by atoms with Gasteiger partial charge in [0.1, 0.15) is 11.3 Å². The smallest absolute Gasteiger partial charge is 0.160 e. The molecule has 0 saturated carbocycles. The highest BCUT2D eigenvalue weighted by molar-refractivity contribution is 5.77. The first-order valence-electron chi connectivity index (χ1n) is 12.6. The van der Waals surface area contributed by atoms with Gasteiger partial charge in [-0.25, -0.2) is 9.97 Å². The van der Waals surface area contributed by atoms with Crippen LogP contribution in [0.25, 0.3) is 22.3 Å². The number of aromatic nitrogens is 3. The number of anilines is 1. The van der Waals surface area contributed by atoms with Crippen LogP contribution < -0.4 is 5.73 Å². The zero-order chi connectivity index (χ0) is 24.5. The lowest BCUT2D eigenvalue weighted by Crippen LogP contribution is -2.43. The van der Waals surface area contributed by atoms with E-state index in [0.717, 1.165) is 85.2 Å². The van der Waals surface area contributed by atoms with Crippen LogP contribution in [0, 0.1) is 13.8 Å². The van der Waals surface area contributed by atoms with Gasteiger partial charge in [0, 0.05) is 56.1 Å². The summed E-state index contributed by atoms with van der Waals surface area (Å²) in [5.74, 6) is 1.08. The number of pyridine rings is 1. The Bertz CT molecular complexity index is 1330. The first-order chi connectivity index (χ1) is 16.9. The van der Waals surface area contributed by atoms with Crippen LogP contribution in [-0.2, 0) is 19.5 Å². The van der Waals surface area contributed by atoms with Crippen molar-refractivity contribution >= 4 is 16.9 Å². The molecular weight excluding hydrogens is 432 g/mol. The van der Waals surface area contributed by atoms with Gasteiger partial charge in [-0.15, -0.1) is 0 Å². The fraction of sp³-hybridized carbons (Fsp3) is 0.379. The molecule has 0 atom stereocenters. The molecule has 6 nitrogen and oxygen atoms in total. The van der Waals surface area contributed by atoms with Crippen molar-refractivity contribution in [2.75, 3.05) is 39.0 Å². The van der Waals surface area contributed by atoms with Gasteiger partial charge in [0.2, 0.25) is 0 Å². The van der Waals surface area contributed by atoms with Crippen molar-refractivity contribution in [3.63, 3.8) is 0 Å². The standard InChI is InChI=1S/C29H36N6/c1-5-27-32-28-20(2)16-21(3)31-29(28)35(27)19-22-6-9-24(10-7-22)25-17-23(8-11-26(25)30)18-34-14-12-33(4)13-15-34/h6-11,16-17H,5,12-15,18-19,30H2,1-4H3. The van der Waals surface area contributed by atoms with E-state index in [1.807, 2.05) is 6.92 Å². The molecule has 1 saturated heterocycles.